The molecule has 0 radical (unpaired) electrons. The van der Waals surface area contributed by atoms with Crippen molar-refractivity contribution in [2.45, 2.75) is 52.9 Å². The van der Waals surface area contributed by atoms with E-state index < -0.39 is 11.6 Å². The Hall–Kier alpha value is -7.34. The van der Waals surface area contributed by atoms with Crippen LogP contribution in [0.25, 0.3) is 61.0 Å². The van der Waals surface area contributed by atoms with E-state index in [0.29, 0.717) is 22.6 Å². The van der Waals surface area contributed by atoms with Crippen molar-refractivity contribution in [2.75, 3.05) is 9.80 Å². The number of aromatic nitrogens is 2. The summed E-state index contributed by atoms with van der Waals surface area (Å²) in [7, 11) is 0. The molecule has 0 aliphatic carbocycles. The predicted octanol–water partition coefficient (Wildman–Crippen LogP) is 16.7. The molecular formula is C62H49F2N4OPt-3. The van der Waals surface area contributed by atoms with Crippen molar-refractivity contribution in [3.05, 3.63) is 223 Å². The largest absolute Gasteiger partial charge is 0.509 e. The quantitative estimate of drug-likeness (QED) is 0.128. The Morgan fingerprint density at radius 2 is 1.24 bits per heavy atom. The number of hydrogen-bond acceptors (Lipinski definition) is 4. The van der Waals surface area contributed by atoms with E-state index in [1.165, 1.54) is 34.4 Å². The van der Waals surface area contributed by atoms with E-state index in [9.17, 15) is 0 Å². The predicted molar refractivity (Wildman–Crippen MR) is 278 cm³/mol. The summed E-state index contributed by atoms with van der Waals surface area (Å²) in [6.45, 7) is 13.1. The zero-order chi connectivity index (χ0) is 47.4. The first kappa shape index (κ1) is 46.4. The second kappa shape index (κ2) is 18.9. The number of halogens is 2. The Labute approximate surface area is 422 Å². The molecule has 0 atom stereocenters. The molecule has 0 fully saturated rings. The standard InChI is InChI=1S/C62H49F2N4O.Pt/c1-6-40-19-15-20-41(7-2)60(40)44-33-48(37-50(34-44)69-49-27-28-54-53-21-11-12-24-55(53)68(58(54)38-49)59-35-45(29-30-65-59)62(3,4)5)66-39-67(57-26-14-13-25-56(57)66)61-51(42-17-9-8-10-18-42)22-16-23-52(61)43-31-46(63)36-47(64)32-43;/h8-36,39H,6-7H2,1-5H3;/q-3;. The third kappa shape index (κ3) is 8.47. The first-order chi connectivity index (χ1) is 33.6. The fourth-order valence-corrected chi connectivity index (χ4v) is 9.85. The molecule has 3 heterocycles. The minimum Gasteiger partial charge on any atom is -0.509 e. The van der Waals surface area contributed by atoms with Crippen molar-refractivity contribution in [2.24, 2.45) is 0 Å². The normalized spacial score (nSPS) is 12.4. The summed E-state index contributed by atoms with van der Waals surface area (Å²) in [6, 6.07) is 62.8. The summed E-state index contributed by atoms with van der Waals surface area (Å²) in [6.07, 6.45) is 3.58. The van der Waals surface area contributed by atoms with Gasteiger partial charge in [-0.2, -0.15) is 6.07 Å². The Morgan fingerprint density at radius 1 is 0.586 bits per heavy atom. The average Bonchev–Trinajstić information content (AvgIpc) is 3.91. The number of benzene rings is 8. The number of para-hydroxylation sites is 4. The van der Waals surface area contributed by atoms with Crippen molar-refractivity contribution in [1.29, 1.82) is 0 Å². The molecule has 0 amide bonds. The van der Waals surface area contributed by atoms with Gasteiger partial charge < -0.3 is 19.1 Å². The summed E-state index contributed by atoms with van der Waals surface area (Å²) < 4.78 is 39.2. The van der Waals surface area contributed by atoms with Gasteiger partial charge in [-0.3, -0.25) is 0 Å². The Morgan fingerprint density at radius 3 is 1.96 bits per heavy atom. The minimum absolute atomic E-state index is 0. The van der Waals surface area contributed by atoms with Crippen LogP contribution in [0.3, 0.4) is 0 Å². The second-order valence-corrected chi connectivity index (χ2v) is 18.5. The molecule has 0 saturated carbocycles. The summed E-state index contributed by atoms with van der Waals surface area (Å²) >= 11 is 0. The fourth-order valence-electron chi connectivity index (χ4n) is 9.85. The molecule has 1 aliphatic heterocycles. The Bertz CT molecular complexity index is 3540. The molecular weight excluding hydrogens is 1050 g/mol. The van der Waals surface area contributed by atoms with Gasteiger partial charge in [-0.25, -0.2) is 13.8 Å². The number of hydrogen-bond donors (Lipinski definition) is 0. The van der Waals surface area contributed by atoms with Crippen molar-refractivity contribution < 1.29 is 34.6 Å². The third-order valence-corrected chi connectivity index (χ3v) is 13.2. The molecule has 11 rings (SSSR count). The van der Waals surface area contributed by atoms with E-state index in [1.807, 2.05) is 61.4 Å². The SMILES string of the molecule is CCc1cccc(CC)c1-c1cc(Oc2[c-]c3c(cc2)c2ccccc2n3-c2cc(C(C)(C)C)ccn2)[c-]c(N2[CH-]N(c3c(-c4ccccc4)cccc3-c3cc(F)cc(F)c3)c3ccccc32)c1.[Pt]. The average molecular weight is 1100 g/mol. The molecule has 1 aliphatic rings. The maximum absolute atomic E-state index is 15.0. The van der Waals surface area contributed by atoms with Crippen LogP contribution in [-0.2, 0) is 39.3 Å². The summed E-state index contributed by atoms with van der Waals surface area (Å²) in [4.78, 5) is 9.14. The van der Waals surface area contributed by atoms with Crippen molar-refractivity contribution in [3.63, 3.8) is 0 Å². The minimum atomic E-state index is -0.643. The smallest absolute Gasteiger partial charge is 0.135 e. The van der Waals surface area contributed by atoms with Gasteiger partial charge in [0, 0.05) is 78.5 Å². The van der Waals surface area contributed by atoms with E-state index >= 15 is 8.78 Å². The van der Waals surface area contributed by atoms with Crippen LogP contribution in [0.1, 0.15) is 51.3 Å². The fraction of sp³-hybridized carbons (Fsp3) is 0.129. The Kier molecular flexibility index (Phi) is 12.5. The van der Waals surface area contributed by atoms with E-state index in [1.54, 1.807) is 0 Å². The van der Waals surface area contributed by atoms with Crippen LogP contribution in [0.2, 0.25) is 0 Å². The van der Waals surface area contributed by atoms with E-state index in [-0.39, 0.29) is 26.5 Å². The molecule has 10 aromatic rings. The van der Waals surface area contributed by atoms with Gasteiger partial charge in [0.05, 0.1) is 0 Å². The number of nitrogens with zero attached hydrogens (tertiary/aromatic N) is 4. The first-order valence-corrected chi connectivity index (χ1v) is 23.5. The van der Waals surface area contributed by atoms with Crippen molar-refractivity contribution in [1.82, 2.24) is 9.55 Å². The van der Waals surface area contributed by atoms with Crippen LogP contribution in [0.4, 0.5) is 31.5 Å². The molecule has 350 valence electrons. The molecule has 70 heavy (non-hydrogen) atoms. The van der Waals surface area contributed by atoms with E-state index in [2.05, 4.69) is 164 Å². The van der Waals surface area contributed by atoms with Crippen LogP contribution < -0.4 is 14.5 Å². The number of fused-ring (bicyclic) bond motifs is 4. The van der Waals surface area contributed by atoms with Gasteiger partial charge in [0.25, 0.3) is 0 Å². The summed E-state index contributed by atoms with van der Waals surface area (Å²) in [5, 5.41) is 2.15. The topological polar surface area (TPSA) is 33.5 Å². The molecule has 5 nitrogen and oxygen atoms in total. The summed E-state index contributed by atoms with van der Waals surface area (Å²) in [5.41, 5.74) is 13.9. The molecule has 0 spiro atoms. The van der Waals surface area contributed by atoms with Gasteiger partial charge in [0.15, 0.2) is 0 Å². The van der Waals surface area contributed by atoms with Crippen LogP contribution in [0, 0.1) is 30.4 Å². The van der Waals surface area contributed by atoms with E-state index in [0.717, 1.165) is 86.0 Å². The van der Waals surface area contributed by atoms with Crippen LogP contribution in [0.15, 0.2) is 176 Å². The van der Waals surface area contributed by atoms with Gasteiger partial charge in [-0.15, -0.1) is 53.6 Å². The number of rotatable bonds is 10. The second-order valence-electron chi connectivity index (χ2n) is 18.5. The summed E-state index contributed by atoms with van der Waals surface area (Å²) in [5.74, 6) is 0.583. The maximum Gasteiger partial charge on any atom is 0.135 e. The monoisotopic (exact) mass is 1100 g/mol. The number of pyridine rings is 1. The molecule has 8 heteroatoms. The Balaban J connectivity index is 0.00000567. The van der Waals surface area contributed by atoms with Gasteiger partial charge in [0.1, 0.15) is 17.5 Å². The number of aryl methyl sites for hydroxylation is 2. The van der Waals surface area contributed by atoms with Gasteiger partial charge >= 0.3 is 0 Å². The van der Waals surface area contributed by atoms with Gasteiger partial charge in [0.2, 0.25) is 0 Å². The zero-order valence-corrected chi connectivity index (χ0v) is 41.8. The molecule has 8 aromatic carbocycles. The first-order valence-electron chi connectivity index (χ1n) is 23.5. The van der Waals surface area contributed by atoms with Crippen LogP contribution >= 0.6 is 0 Å². The molecule has 0 bridgehead atoms. The molecule has 0 saturated heterocycles. The van der Waals surface area contributed by atoms with E-state index in [4.69, 9.17) is 9.72 Å². The zero-order valence-electron chi connectivity index (χ0n) is 39.5. The number of ether oxygens (including phenoxy) is 1. The third-order valence-electron chi connectivity index (χ3n) is 13.2. The van der Waals surface area contributed by atoms with Gasteiger partial charge in [-0.1, -0.05) is 137 Å². The maximum atomic E-state index is 15.0. The molecule has 0 N–H and O–H groups in total. The van der Waals surface area contributed by atoms with Crippen molar-refractivity contribution >= 4 is 44.6 Å². The molecule has 0 unspecified atom stereocenters. The number of anilines is 4. The molecule has 2 aromatic heterocycles. The van der Waals surface area contributed by atoms with Crippen LogP contribution in [0.5, 0.6) is 11.5 Å². The van der Waals surface area contributed by atoms with Crippen LogP contribution in [-0.4, -0.2) is 9.55 Å². The van der Waals surface area contributed by atoms with Gasteiger partial charge in [-0.05, 0) is 99.5 Å². The van der Waals surface area contributed by atoms with Crippen molar-refractivity contribution in [3.8, 4) is 50.7 Å².